The minimum atomic E-state index is -0.507. The van der Waals surface area contributed by atoms with E-state index in [4.69, 9.17) is 5.11 Å². The van der Waals surface area contributed by atoms with Gasteiger partial charge in [-0.2, -0.15) is 0 Å². The monoisotopic (exact) mass is 116 g/mol. The number of hydrogen-bond donors (Lipinski definition) is 1. The summed E-state index contributed by atoms with van der Waals surface area (Å²) in [4.78, 5) is 10.4. The summed E-state index contributed by atoms with van der Waals surface area (Å²) in [5, 5.41) is 8.77. The molecule has 0 aromatic heterocycles. The lowest BCUT2D eigenvalue weighted by molar-refractivity contribution is -0.123. The van der Waals surface area contributed by atoms with Crippen molar-refractivity contribution in [3.05, 3.63) is 0 Å². The van der Waals surface area contributed by atoms with Crippen molar-refractivity contribution in [2.45, 2.75) is 26.9 Å². The Morgan fingerprint density at radius 1 is 1.50 bits per heavy atom. The van der Waals surface area contributed by atoms with Crippen molar-refractivity contribution in [2.75, 3.05) is 0 Å². The van der Waals surface area contributed by atoms with E-state index in [1.807, 2.05) is 0 Å². The van der Waals surface area contributed by atoms with Crippen LogP contribution in [0.5, 0.6) is 0 Å². The molecule has 0 heterocycles. The zero-order chi connectivity index (χ0) is 6.73. The van der Waals surface area contributed by atoms with Gasteiger partial charge >= 0.3 is 0 Å². The zero-order valence-corrected chi connectivity index (χ0v) is 5.51. The number of hydrogen-bond acceptors (Lipinski definition) is 2. The summed E-state index contributed by atoms with van der Waals surface area (Å²) in [6.45, 7) is 4.82. The molecule has 0 amide bonds. The van der Waals surface area contributed by atoms with Gasteiger partial charge in [-0.1, -0.05) is 6.92 Å². The predicted octanol–water partition coefficient (Wildman–Crippen LogP) is 0.592. The van der Waals surface area contributed by atoms with Crippen LogP contribution in [0.2, 0.25) is 0 Å². The quantitative estimate of drug-likeness (QED) is 0.573. The van der Waals surface area contributed by atoms with Gasteiger partial charge in [0.2, 0.25) is 0 Å². The fourth-order valence-electron chi connectivity index (χ4n) is 0.340. The third kappa shape index (κ3) is 2.07. The molecule has 1 N–H and O–H groups in total. The average Bonchev–Trinajstić information content (AvgIpc) is 1.64. The second kappa shape index (κ2) is 2.82. The standard InChI is InChI=1S/C6H12O2/c1-4(5(2)7)6(3)8/h4-5,7H,1-3H3/t4-,5+/m1/s1. The number of Topliss-reactive ketones (excluding diaryl/α,β-unsaturated/α-hetero) is 1. The highest BCUT2D eigenvalue weighted by molar-refractivity contribution is 5.78. The van der Waals surface area contributed by atoms with Crippen LogP contribution in [0, 0.1) is 5.92 Å². The molecule has 2 nitrogen and oxygen atoms in total. The molecule has 0 saturated carbocycles. The number of carbonyl (C=O) groups excluding carboxylic acids is 1. The minimum absolute atomic E-state index is 0.0417. The van der Waals surface area contributed by atoms with Gasteiger partial charge in [0.15, 0.2) is 0 Å². The summed E-state index contributed by atoms with van der Waals surface area (Å²) < 4.78 is 0. The number of carbonyl (C=O) groups is 1. The molecule has 0 radical (unpaired) electrons. The van der Waals surface area contributed by atoms with Crippen LogP contribution in [0.3, 0.4) is 0 Å². The molecule has 0 unspecified atom stereocenters. The molecule has 0 aliphatic carbocycles. The molecule has 2 atom stereocenters. The van der Waals surface area contributed by atoms with E-state index in [9.17, 15) is 4.79 Å². The first-order valence-electron chi connectivity index (χ1n) is 2.74. The van der Waals surface area contributed by atoms with Gasteiger partial charge in [-0.05, 0) is 13.8 Å². The van der Waals surface area contributed by atoms with Crippen LogP contribution < -0.4 is 0 Å². The Morgan fingerprint density at radius 2 is 1.88 bits per heavy atom. The summed E-state index contributed by atoms with van der Waals surface area (Å²) >= 11 is 0. The molecule has 0 spiro atoms. The number of aliphatic hydroxyl groups is 1. The van der Waals surface area contributed by atoms with Crippen molar-refractivity contribution in [2.24, 2.45) is 5.92 Å². The van der Waals surface area contributed by atoms with Crippen LogP contribution in [0.1, 0.15) is 20.8 Å². The fraction of sp³-hybridized carbons (Fsp3) is 0.833. The van der Waals surface area contributed by atoms with Crippen LogP contribution in [0.4, 0.5) is 0 Å². The van der Waals surface area contributed by atoms with Crippen molar-refractivity contribution >= 4 is 5.78 Å². The maximum absolute atomic E-state index is 10.4. The second-order valence-corrected chi connectivity index (χ2v) is 2.14. The summed E-state index contributed by atoms with van der Waals surface area (Å²) in [5.41, 5.74) is 0. The SMILES string of the molecule is CC(=O)[C@H](C)[C@H](C)O. The molecule has 0 saturated heterocycles. The fourth-order valence-corrected chi connectivity index (χ4v) is 0.340. The van der Waals surface area contributed by atoms with Gasteiger partial charge in [0.1, 0.15) is 5.78 Å². The Hall–Kier alpha value is -0.370. The van der Waals surface area contributed by atoms with E-state index in [2.05, 4.69) is 0 Å². The van der Waals surface area contributed by atoms with Crippen molar-refractivity contribution < 1.29 is 9.90 Å². The van der Waals surface area contributed by atoms with Gasteiger partial charge in [0.05, 0.1) is 6.10 Å². The highest BCUT2D eigenvalue weighted by Crippen LogP contribution is 2.01. The van der Waals surface area contributed by atoms with Crippen LogP contribution in [-0.4, -0.2) is 17.0 Å². The largest absolute Gasteiger partial charge is 0.393 e. The Morgan fingerprint density at radius 3 is 1.88 bits per heavy atom. The molecule has 48 valence electrons. The van der Waals surface area contributed by atoms with Gasteiger partial charge in [-0.25, -0.2) is 0 Å². The third-order valence-corrected chi connectivity index (χ3v) is 1.36. The molecule has 0 bridgehead atoms. The first kappa shape index (κ1) is 7.63. The summed E-state index contributed by atoms with van der Waals surface area (Å²) in [6, 6.07) is 0. The van der Waals surface area contributed by atoms with E-state index >= 15 is 0 Å². The van der Waals surface area contributed by atoms with E-state index in [1.165, 1.54) is 6.92 Å². The zero-order valence-electron chi connectivity index (χ0n) is 5.51. The van der Waals surface area contributed by atoms with Gasteiger partial charge in [-0.3, -0.25) is 4.79 Å². The normalized spacial score (nSPS) is 17.5. The van der Waals surface area contributed by atoms with Gasteiger partial charge < -0.3 is 5.11 Å². The van der Waals surface area contributed by atoms with E-state index in [0.717, 1.165) is 0 Å². The molecule has 2 heteroatoms. The first-order chi connectivity index (χ1) is 3.55. The average molecular weight is 116 g/mol. The van der Waals surface area contributed by atoms with Crippen molar-refractivity contribution in [3.8, 4) is 0 Å². The predicted molar refractivity (Wildman–Crippen MR) is 31.5 cm³/mol. The lowest BCUT2D eigenvalue weighted by Gasteiger charge is -2.08. The molecular weight excluding hydrogens is 104 g/mol. The highest BCUT2D eigenvalue weighted by atomic mass is 16.3. The minimum Gasteiger partial charge on any atom is -0.393 e. The van der Waals surface area contributed by atoms with Crippen LogP contribution >= 0.6 is 0 Å². The molecular formula is C6H12O2. The Labute approximate surface area is 49.5 Å². The van der Waals surface area contributed by atoms with E-state index < -0.39 is 6.10 Å². The van der Waals surface area contributed by atoms with E-state index in [1.54, 1.807) is 13.8 Å². The van der Waals surface area contributed by atoms with Crippen molar-refractivity contribution in [3.63, 3.8) is 0 Å². The lowest BCUT2D eigenvalue weighted by atomic mass is 10.0. The Balaban J connectivity index is 3.64. The topological polar surface area (TPSA) is 37.3 Å². The Kier molecular flexibility index (Phi) is 2.69. The third-order valence-electron chi connectivity index (χ3n) is 1.36. The summed E-state index contributed by atoms with van der Waals surface area (Å²) in [7, 11) is 0. The summed E-state index contributed by atoms with van der Waals surface area (Å²) in [5.74, 6) is -0.171. The first-order valence-corrected chi connectivity index (χ1v) is 2.74. The van der Waals surface area contributed by atoms with Crippen LogP contribution in [0.15, 0.2) is 0 Å². The van der Waals surface area contributed by atoms with Crippen LogP contribution in [0.25, 0.3) is 0 Å². The van der Waals surface area contributed by atoms with E-state index in [0.29, 0.717) is 0 Å². The molecule has 0 aliphatic heterocycles. The summed E-state index contributed by atoms with van der Waals surface area (Å²) in [6.07, 6.45) is -0.507. The molecule has 0 aromatic carbocycles. The van der Waals surface area contributed by atoms with Crippen LogP contribution in [-0.2, 0) is 4.79 Å². The molecule has 0 rings (SSSR count). The van der Waals surface area contributed by atoms with Gasteiger partial charge in [-0.15, -0.1) is 0 Å². The smallest absolute Gasteiger partial charge is 0.135 e. The highest BCUT2D eigenvalue weighted by Gasteiger charge is 2.12. The van der Waals surface area contributed by atoms with Gasteiger partial charge in [0.25, 0.3) is 0 Å². The molecule has 8 heavy (non-hydrogen) atoms. The lowest BCUT2D eigenvalue weighted by Crippen LogP contribution is -2.19. The van der Waals surface area contributed by atoms with Crippen molar-refractivity contribution in [1.82, 2.24) is 0 Å². The number of aliphatic hydroxyl groups excluding tert-OH is 1. The molecule has 0 fully saturated rings. The molecule has 0 aliphatic rings. The second-order valence-electron chi connectivity index (χ2n) is 2.14. The Bertz CT molecular complexity index is 86.5. The maximum atomic E-state index is 10.4. The van der Waals surface area contributed by atoms with Gasteiger partial charge in [0, 0.05) is 5.92 Å². The maximum Gasteiger partial charge on any atom is 0.135 e. The molecule has 0 aromatic rings. The van der Waals surface area contributed by atoms with Crippen molar-refractivity contribution in [1.29, 1.82) is 0 Å². The number of rotatable bonds is 2. The number of ketones is 1. The van der Waals surface area contributed by atoms with E-state index in [-0.39, 0.29) is 11.7 Å².